The molecule has 0 aliphatic carbocycles. The van der Waals surface area contributed by atoms with Gasteiger partial charge < -0.3 is 10.2 Å². The van der Waals surface area contributed by atoms with Crippen molar-refractivity contribution in [2.45, 2.75) is 20.3 Å². The molecule has 0 saturated heterocycles. The van der Waals surface area contributed by atoms with E-state index >= 15 is 0 Å². The molecule has 3 aromatic rings. The number of rotatable bonds is 5. The maximum Gasteiger partial charge on any atom is 0.264 e. The fourth-order valence-corrected chi connectivity index (χ4v) is 4.18. The molecule has 0 saturated carbocycles. The lowest BCUT2D eigenvalue weighted by Crippen LogP contribution is -2.35. The van der Waals surface area contributed by atoms with Crippen LogP contribution < -0.4 is 5.32 Å². The first-order chi connectivity index (χ1) is 12.5. The zero-order valence-electron chi connectivity index (χ0n) is 15.2. The van der Waals surface area contributed by atoms with Gasteiger partial charge in [-0.1, -0.05) is 43.3 Å². The van der Waals surface area contributed by atoms with E-state index in [1.165, 1.54) is 16.2 Å². The number of anilines is 1. The molecule has 1 heterocycles. The lowest BCUT2D eigenvalue weighted by Gasteiger charge is -2.17. The third-order valence-electron chi connectivity index (χ3n) is 4.44. The predicted molar refractivity (Wildman–Crippen MR) is 108 cm³/mol. The van der Waals surface area contributed by atoms with Gasteiger partial charge in [-0.2, -0.15) is 0 Å². The highest BCUT2D eigenvalue weighted by atomic mass is 32.1. The lowest BCUT2D eigenvalue weighted by atomic mass is 10.1. The van der Waals surface area contributed by atoms with Crippen molar-refractivity contribution in [2.24, 2.45) is 0 Å². The second kappa shape index (κ2) is 7.70. The van der Waals surface area contributed by atoms with E-state index in [-0.39, 0.29) is 18.4 Å². The Balaban J connectivity index is 1.72. The molecular weight excluding hydrogens is 344 g/mol. The number of fused-ring (bicyclic) bond motifs is 1. The fraction of sp³-hybridized carbons (Fsp3) is 0.238. The van der Waals surface area contributed by atoms with Crippen LogP contribution in [0.25, 0.3) is 10.1 Å². The van der Waals surface area contributed by atoms with Crippen molar-refractivity contribution < 1.29 is 9.59 Å². The van der Waals surface area contributed by atoms with Crippen LogP contribution in [-0.2, 0) is 11.2 Å². The predicted octanol–water partition coefficient (Wildman–Crippen LogP) is 4.48. The summed E-state index contributed by atoms with van der Waals surface area (Å²) in [6.07, 6.45) is 0.839. The van der Waals surface area contributed by atoms with Crippen LogP contribution in [0.2, 0.25) is 0 Å². The fourth-order valence-electron chi connectivity index (χ4n) is 2.98. The Labute approximate surface area is 157 Å². The molecule has 134 valence electrons. The number of likely N-dealkylation sites (N-methyl/N-ethyl adjacent to an activating group) is 1. The highest BCUT2D eigenvalue weighted by Gasteiger charge is 2.20. The van der Waals surface area contributed by atoms with Crippen LogP contribution in [0.3, 0.4) is 0 Å². The van der Waals surface area contributed by atoms with E-state index in [1.807, 2.05) is 62.4 Å². The molecule has 26 heavy (non-hydrogen) atoms. The summed E-state index contributed by atoms with van der Waals surface area (Å²) >= 11 is 1.47. The maximum absolute atomic E-state index is 12.8. The Morgan fingerprint density at radius 3 is 2.50 bits per heavy atom. The Hall–Kier alpha value is -2.66. The average molecular weight is 366 g/mol. The number of thiophene rings is 1. The molecule has 0 fully saturated rings. The molecule has 0 unspecified atom stereocenters. The summed E-state index contributed by atoms with van der Waals surface area (Å²) in [5.41, 5.74) is 2.85. The number of hydrogen-bond acceptors (Lipinski definition) is 3. The molecule has 2 aromatic carbocycles. The summed E-state index contributed by atoms with van der Waals surface area (Å²) in [4.78, 5) is 27.3. The number of carbonyl (C=O) groups is 2. The largest absolute Gasteiger partial charge is 0.332 e. The Morgan fingerprint density at radius 1 is 1.08 bits per heavy atom. The van der Waals surface area contributed by atoms with E-state index < -0.39 is 0 Å². The number of carbonyl (C=O) groups excluding carboxylic acids is 2. The van der Waals surface area contributed by atoms with Crippen LogP contribution in [0.5, 0.6) is 0 Å². The van der Waals surface area contributed by atoms with Crippen molar-refractivity contribution >= 4 is 38.9 Å². The smallest absolute Gasteiger partial charge is 0.264 e. The van der Waals surface area contributed by atoms with E-state index in [4.69, 9.17) is 0 Å². The van der Waals surface area contributed by atoms with Crippen molar-refractivity contribution in [3.8, 4) is 0 Å². The van der Waals surface area contributed by atoms with Crippen molar-refractivity contribution in [1.82, 2.24) is 4.90 Å². The second-order valence-corrected chi connectivity index (χ2v) is 7.32. The standard InChI is InChI=1S/C21H22N2O2S/c1-4-15-9-5-7-11-17(15)22-19(24)13-23(3)21(25)20-14(2)16-10-6-8-12-18(16)26-20/h5-12H,4,13H2,1-3H3,(H,22,24). The molecule has 0 spiro atoms. The third-order valence-corrected chi connectivity index (χ3v) is 5.70. The molecule has 5 heteroatoms. The quantitative estimate of drug-likeness (QED) is 0.724. The monoisotopic (exact) mass is 366 g/mol. The number of para-hydroxylation sites is 1. The Morgan fingerprint density at radius 2 is 1.77 bits per heavy atom. The second-order valence-electron chi connectivity index (χ2n) is 6.27. The number of hydrogen-bond donors (Lipinski definition) is 1. The molecular formula is C21H22N2O2S. The van der Waals surface area contributed by atoms with Crippen LogP contribution in [0, 0.1) is 6.92 Å². The Bertz CT molecular complexity index is 962. The molecule has 4 nitrogen and oxygen atoms in total. The zero-order valence-corrected chi connectivity index (χ0v) is 16.0. The number of nitrogens with zero attached hydrogens (tertiary/aromatic N) is 1. The summed E-state index contributed by atoms with van der Waals surface area (Å²) in [6.45, 7) is 4.02. The molecule has 0 radical (unpaired) electrons. The maximum atomic E-state index is 12.8. The summed E-state index contributed by atoms with van der Waals surface area (Å²) in [7, 11) is 1.66. The molecule has 1 N–H and O–H groups in total. The summed E-state index contributed by atoms with van der Waals surface area (Å²) < 4.78 is 1.09. The molecule has 0 atom stereocenters. The SMILES string of the molecule is CCc1ccccc1NC(=O)CN(C)C(=O)c1sc2ccccc2c1C. The molecule has 1 aromatic heterocycles. The topological polar surface area (TPSA) is 49.4 Å². The minimum atomic E-state index is -0.194. The van der Waals surface area contributed by atoms with Crippen molar-refractivity contribution in [1.29, 1.82) is 0 Å². The highest BCUT2D eigenvalue weighted by Crippen LogP contribution is 2.31. The van der Waals surface area contributed by atoms with E-state index in [0.717, 1.165) is 33.3 Å². The van der Waals surface area contributed by atoms with Crippen LogP contribution in [0.1, 0.15) is 27.7 Å². The molecule has 0 aliphatic heterocycles. The number of nitrogens with one attached hydrogen (secondary N) is 1. The van der Waals surface area contributed by atoms with Gasteiger partial charge in [0.15, 0.2) is 0 Å². The van der Waals surface area contributed by atoms with Gasteiger partial charge in [-0.25, -0.2) is 0 Å². The molecule has 3 rings (SSSR count). The molecule has 2 amide bonds. The minimum Gasteiger partial charge on any atom is -0.332 e. The van der Waals surface area contributed by atoms with Crippen molar-refractivity contribution in [3.63, 3.8) is 0 Å². The Kier molecular flexibility index (Phi) is 5.38. The van der Waals surface area contributed by atoms with Crippen LogP contribution in [0.15, 0.2) is 48.5 Å². The number of amides is 2. The van der Waals surface area contributed by atoms with Gasteiger partial charge in [0.25, 0.3) is 5.91 Å². The van der Waals surface area contributed by atoms with Crippen LogP contribution >= 0.6 is 11.3 Å². The number of benzene rings is 2. The normalized spacial score (nSPS) is 10.7. The first-order valence-electron chi connectivity index (χ1n) is 8.62. The van der Waals surface area contributed by atoms with E-state index in [9.17, 15) is 9.59 Å². The first-order valence-corrected chi connectivity index (χ1v) is 9.44. The van der Waals surface area contributed by atoms with E-state index in [2.05, 4.69) is 5.32 Å². The van der Waals surface area contributed by atoms with Gasteiger partial charge in [0, 0.05) is 17.4 Å². The highest BCUT2D eigenvalue weighted by molar-refractivity contribution is 7.21. The van der Waals surface area contributed by atoms with Gasteiger partial charge in [0.2, 0.25) is 5.91 Å². The van der Waals surface area contributed by atoms with Gasteiger partial charge in [-0.05, 0) is 42.0 Å². The molecule has 0 aliphatic rings. The zero-order chi connectivity index (χ0) is 18.7. The van der Waals surface area contributed by atoms with E-state index in [1.54, 1.807) is 7.05 Å². The lowest BCUT2D eigenvalue weighted by molar-refractivity contribution is -0.116. The summed E-state index contributed by atoms with van der Waals surface area (Å²) in [6, 6.07) is 15.7. The summed E-state index contributed by atoms with van der Waals surface area (Å²) in [5, 5.41) is 4.00. The van der Waals surface area contributed by atoms with Gasteiger partial charge in [-0.3, -0.25) is 9.59 Å². The minimum absolute atomic E-state index is 0.0184. The number of aryl methyl sites for hydroxylation is 2. The van der Waals surface area contributed by atoms with E-state index in [0.29, 0.717) is 4.88 Å². The van der Waals surface area contributed by atoms with Gasteiger partial charge in [0.05, 0.1) is 11.4 Å². The average Bonchev–Trinajstić information content (AvgIpc) is 2.98. The van der Waals surface area contributed by atoms with Gasteiger partial charge >= 0.3 is 0 Å². The van der Waals surface area contributed by atoms with Crippen LogP contribution in [-0.4, -0.2) is 30.3 Å². The summed E-state index contributed by atoms with van der Waals surface area (Å²) in [5.74, 6) is -0.317. The molecule has 0 bridgehead atoms. The van der Waals surface area contributed by atoms with Gasteiger partial charge in [-0.15, -0.1) is 11.3 Å². The van der Waals surface area contributed by atoms with Gasteiger partial charge in [0.1, 0.15) is 0 Å². The first kappa shape index (κ1) is 18.1. The van der Waals surface area contributed by atoms with Crippen LogP contribution in [0.4, 0.5) is 5.69 Å². The van der Waals surface area contributed by atoms with Crippen molar-refractivity contribution in [3.05, 3.63) is 64.5 Å². The van der Waals surface area contributed by atoms with Crippen molar-refractivity contribution in [2.75, 3.05) is 18.9 Å². The third kappa shape index (κ3) is 3.63.